The Labute approximate surface area is 185 Å². The number of carbonyl (C=O) groups is 1. The molecule has 4 nitrogen and oxygen atoms in total. The molecule has 0 amide bonds. The molecular formula is C27H31NO3. The van der Waals surface area contributed by atoms with Gasteiger partial charge in [0.15, 0.2) is 6.10 Å². The number of rotatable bonds is 11. The van der Waals surface area contributed by atoms with Crippen LogP contribution in [0.1, 0.15) is 51.0 Å². The molecule has 0 spiro atoms. The fourth-order valence-electron chi connectivity index (χ4n) is 3.10. The minimum absolute atomic E-state index is 0.161. The summed E-state index contributed by atoms with van der Waals surface area (Å²) in [7, 11) is 0. The van der Waals surface area contributed by atoms with Gasteiger partial charge in [0.2, 0.25) is 0 Å². The molecule has 0 saturated carbocycles. The number of benzene rings is 1. The molecule has 0 aliphatic rings. The molecule has 2 atom stereocenters. The average Bonchev–Trinajstić information content (AvgIpc) is 3.18. The SMILES string of the molecule is C=C[C@@H](O)C#CC#CC(/C=C\CCCCCCC)OC(=O)Cc1c[nH]c2ccccc12. The number of hydrogen-bond acceptors (Lipinski definition) is 3. The largest absolute Gasteiger partial charge is 0.445 e. The first kappa shape index (κ1) is 24.1. The molecule has 1 aromatic carbocycles. The number of H-pyrrole nitrogens is 1. The highest BCUT2D eigenvalue weighted by Crippen LogP contribution is 2.18. The van der Waals surface area contributed by atoms with Crippen LogP contribution in [0.15, 0.2) is 55.3 Å². The van der Waals surface area contributed by atoms with Crippen LogP contribution in [0.25, 0.3) is 10.9 Å². The quantitative estimate of drug-likeness (QED) is 0.232. The number of aliphatic hydroxyl groups excluding tert-OH is 1. The van der Waals surface area contributed by atoms with E-state index in [4.69, 9.17) is 4.74 Å². The van der Waals surface area contributed by atoms with Crippen molar-refractivity contribution < 1.29 is 14.6 Å². The minimum atomic E-state index is -0.921. The zero-order valence-corrected chi connectivity index (χ0v) is 18.2. The Kier molecular flexibility index (Phi) is 10.8. The molecule has 0 bridgehead atoms. The van der Waals surface area contributed by atoms with Crippen LogP contribution < -0.4 is 0 Å². The Balaban J connectivity index is 1.98. The number of unbranched alkanes of at least 4 members (excludes halogenated alkanes) is 5. The van der Waals surface area contributed by atoms with E-state index in [1.165, 1.54) is 31.8 Å². The fraction of sp³-hybridized carbons (Fsp3) is 0.370. The predicted molar refractivity (Wildman–Crippen MR) is 126 cm³/mol. The molecule has 4 heteroatoms. The van der Waals surface area contributed by atoms with Gasteiger partial charge in [-0.2, -0.15) is 0 Å². The highest BCUT2D eigenvalue weighted by atomic mass is 16.5. The Morgan fingerprint density at radius 1 is 1.19 bits per heavy atom. The van der Waals surface area contributed by atoms with E-state index >= 15 is 0 Å². The number of nitrogens with one attached hydrogen (secondary N) is 1. The number of ether oxygens (including phenoxy) is 1. The molecule has 1 heterocycles. The molecule has 0 fully saturated rings. The van der Waals surface area contributed by atoms with E-state index in [-0.39, 0.29) is 12.4 Å². The Bertz CT molecular complexity index is 994. The van der Waals surface area contributed by atoms with Crippen molar-refractivity contribution in [2.45, 2.75) is 64.1 Å². The third-order valence-electron chi connectivity index (χ3n) is 4.77. The summed E-state index contributed by atoms with van der Waals surface area (Å²) in [6, 6.07) is 7.84. The van der Waals surface area contributed by atoms with Gasteiger partial charge in [-0.15, -0.1) is 0 Å². The number of esters is 1. The van der Waals surface area contributed by atoms with E-state index < -0.39 is 12.2 Å². The summed E-state index contributed by atoms with van der Waals surface area (Å²) in [5, 5.41) is 10.4. The van der Waals surface area contributed by atoms with Crippen LogP contribution >= 0.6 is 0 Å². The molecule has 162 valence electrons. The van der Waals surface area contributed by atoms with Crippen molar-refractivity contribution in [2.75, 3.05) is 0 Å². The van der Waals surface area contributed by atoms with E-state index in [0.29, 0.717) is 0 Å². The normalized spacial score (nSPS) is 12.5. The zero-order chi connectivity index (χ0) is 22.3. The summed E-state index contributed by atoms with van der Waals surface area (Å²) in [5.74, 6) is 10.3. The second kappa shape index (κ2) is 13.9. The van der Waals surface area contributed by atoms with Gasteiger partial charge in [0.05, 0.1) is 6.42 Å². The van der Waals surface area contributed by atoms with Gasteiger partial charge < -0.3 is 14.8 Å². The number of hydrogen-bond donors (Lipinski definition) is 2. The number of aromatic nitrogens is 1. The predicted octanol–water partition coefficient (Wildman–Crippen LogP) is 5.09. The molecule has 1 unspecified atom stereocenters. The standard InChI is InChI=1S/C27H31NO3/c1-3-5-6-7-8-9-10-16-24(17-12-11-15-23(29)4-2)31-27(30)20-22-21-28-26-19-14-13-18-25(22)26/h4,10,13-14,16,18-19,21,23-24,28-29H,2-3,5-9,20H2,1H3/b16-10-/t23-,24?/m1/s1. The zero-order valence-electron chi connectivity index (χ0n) is 18.2. The van der Waals surface area contributed by atoms with E-state index in [9.17, 15) is 9.90 Å². The van der Waals surface area contributed by atoms with E-state index in [0.717, 1.165) is 29.3 Å². The molecule has 0 aliphatic carbocycles. The molecule has 0 aliphatic heterocycles. The highest BCUT2D eigenvalue weighted by Gasteiger charge is 2.13. The second-order valence-corrected chi connectivity index (χ2v) is 7.30. The van der Waals surface area contributed by atoms with Gasteiger partial charge in [-0.05, 0) is 48.3 Å². The summed E-state index contributed by atoms with van der Waals surface area (Å²) in [4.78, 5) is 15.7. The average molecular weight is 418 g/mol. The first-order valence-corrected chi connectivity index (χ1v) is 10.9. The molecule has 2 N–H and O–H groups in total. The lowest BCUT2D eigenvalue weighted by Gasteiger charge is -2.08. The van der Waals surface area contributed by atoms with Crippen molar-refractivity contribution in [1.29, 1.82) is 0 Å². The van der Waals surface area contributed by atoms with Gasteiger partial charge >= 0.3 is 5.97 Å². The van der Waals surface area contributed by atoms with Gasteiger partial charge in [0, 0.05) is 17.1 Å². The maximum Gasteiger partial charge on any atom is 0.311 e. The third kappa shape index (κ3) is 8.99. The van der Waals surface area contributed by atoms with E-state index in [1.54, 1.807) is 0 Å². The number of fused-ring (bicyclic) bond motifs is 1. The van der Waals surface area contributed by atoms with Crippen LogP contribution in [0, 0.1) is 23.7 Å². The summed E-state index contributed by atoms with van der Waals surface area (Å²) in [6.07, 6.45) is 12.5. The van der Waals surface area contributed by atoms with Crippen molar-refractivity contribution in [2.24, 2.45) is 0 Å². The van der Waals surface area contributed by atoms with Crippen molar-refractivity contribution in [3.05, 3.63) is 60.8 Å². The van der Waals surface area contributed by atoms with Crippen LogP contribution in [-0.4, -0.2) is 28.3 Å². The number of allylic oxidation sites excluding steroid dienone is 1. The minimum Gasteiger partial charge on any atom is -0.445 e. The lowest BCUT2D eigenvalue weighted by atomic mass is 10.1. The van der Waals surface area contributed by atoms with Gasteiger partial charge in [-0.1, -0.05) is 75.5 Å². The van der Waals surface area contributed by atoms with Gasteiger partial charge in [-0.3, -0.25) is 4.79 Å². The Morgan fingerprint density at radius 3 is 2.77 bits per heavy atom. The van der Waals surface area contributed by atoms with Crippen LogP contribution in [0.5, 0.6) is 0 Å². The maximum absolute atomic E-state index is 12.5. The van der Waals surface area contributed by atoms with Crippen LogP contribution in [-0.2, 0) is 16.0 Å². The molecule has 2 aromatic rings. The Hall–Kier alpha value is -3.21. The maximum atomic E-state index is 12.5. The Morgan fingerprint density at radius 2 is 1.97 bits per heavy atom. The van der Waals surface area contributed by atoms with Crippen LogP contribution in [0.2, 0.25) is 0 Å². The third-order valence-corrected chi connectivity index (χ3v) is 4.77. The second-order valence-electron chi connectivity index (χ2n) is 7.30. The highest BCUT2D eigenvalue weighted by molar-refractivity contribution is 5.87. The van der Waals surface area contributed by atoms with Gasteiger partial charge in [0.1, 0.15) is 6.10 Å². The smallest absolute Gasteiger partial charge is 0.311 e. The van der Waals surface area contributed by atoms with Gasteiger partial charge in [0.25, 0.3) is 0 Å². The number of aromatic amines is 1. The molecule has 0 radical (unpaired) electrons. The fourth-order valence-corrected chi connectivity index (χ4v) is 3.10. The van der Waals surface area contributed by atoms with Crippen molar-refractivity contribution >= 4 is 16.9 Å². The van der Waals surface area contributed by atoms with Gasteiger partial charge in [-0.25, -0.2) is 0 Å². The van der Waals surface area contributed by atoms with Crippen LogP contribution in [0.3, 0.4) is 0 Å². The summed E-state index contributed by atoms with van der Waals surface area (Å²) < 4.78 is 5.59. The van der Waals surface area contributed by atoms with Crippen molar-refractivity contribution in [3.63, 3.8) is 0 Å². The number of carbonyl (C=O) groups excluding carboxylic acids is 1. The summed E-state index contributed by atoms with van der Waals surface area (Å²) in [6.45, 7) is 5.66. The summed E-state index contributed by atoms with van der Waals surface area (Å²) in [5.41, 5.74) is 1.88. The summed E-state index contributed by atoms with van der Waals surface area (Å²) >= 11 is 0. The number of para-hydroxylation sites is 1. The first-order valence-electron chi connectivity index (χ1n) is 10.9. The molecule has 31 heavy (non-hydrogen) atoms. The van der Waals surface area contributed by atoms with E-state index in [1.807, 2.05) is 42.6 Å². The monoisotopic (exact) mass is 417 g/mol. The lowest BCUT2D eigenvalue weighted by Crippen LogP contribution is -2.16. The van der Waals surface area contributed by atoms with Crippen molar-refractivity contribution in [3.8, 4) is 23.7 Å². The molecule has 2 rings (SSSR count). The molecule has 1 aromatic heterocycles. The first-order chi connectivity index (χ1) is 15.1. The molecular weight excluding hydrogens is 386 g/mol. The van der Waals surface area contributed by atoms with E-state index in [2.05, 4.69) is 42.2 Å². The topological polar surface area (TPSA) is 62.3 Å². The van der Waals surface area contributed by atoms with Crippen molar-refractivity contribution in [1.82, 2.24) is 4.98 Å². The molecule has 0 saturated heterocycles. The number of aliphatic hydroxyl groups is 1. The van der Waals surface area contributed by atoms with Crippen LogP contribution in [0.4, 0.5) is 0 Å². The lowest BCUT2D eigenvalue weighted by molar-refractivity contribution is -0.143.